The lowest BCUT2D eigenvalue weighted by Gasteiger charge is -2.47. The van der Waals surface area contributed by atoms with E-state index in [2.05, 4.69) is 0 Å². The lowest BCUT2D eigenvalue weighted by atomic mass is 9.61. The molecule has 0 heterocycles. The summed E-state index contributed by atoms with van der Waals surface area (Å²) in [6.45, 7) is 5.47. The van der Waals surface area contributed by atoms with Gasteiger partial charge < -0.3 is 10.6 Å². The van der Waals surface area contributed by atoms with E-state index < -0.39 is 5.41 Å². The molecule has 1 amide bonds. The number of hydrogen-bond acceptors (Lipinski definition) is 2. The van der Waals surface area contributed by atoms with Crippen molar-refractivity contribution >= 4 is 17.5 Å². The molecule has 4 heteroatoms. The van der Waals surface area contributed by atoms with Crippen molar-refractivity contribution < 1.29 is 4.79 Å². The first-order valence-corrected chi connectivity index (χ1v) is 7.22. The van der Waals surface area contributed by atoms with Crippen molar-refractivity contribution in [3.63, 3.8) is 0 Å². The zero-order valence-electron chi connectivity index (χ0n) is 11.5. The number of rotatable bonds is 4. The third-order valence-corrected chi connectivity index (χ3v) is 4.29. The Morgan fingerprint density at radius 3 is 2.53 bits per heavy atom. The van der Waals surface area contributed by atoms with E-state index in [0.29, 0.717) is 17.9 Å². The Labute approximate surface area is 119 Å². The minimum Gasteiger partial charge on any atom is -0.342 e. The van der Waals surface area contributed by atoms with E-state index in [1.54, 1.807) is 0 Å². The number of benzene rings is 1. The standard InChI is InChI=1S/C15H21ClN2O/c1-3-18(4-2)14(19)15(9-13(17)10-15)11-6-5-7-12(16)8-11/h5-8,13H,3-4,9-10,17H2,1-2H3/t13-,15-. The summed E-state index contributed by atoms with van der Waals surface area (Å²) in [7, 11) is 0. The largest absolute Gasteiger partial charge is 0.342 e. The van der Waals surface area contributed by atoms with Crippen LogP contribution in [0.1, 0.15) is 32.3 Å². The Bertz CT molecular complexity index is 465. The molecule has 0 saturated heterocycles. The zero-order chi connectivity index (χ0) is 14.0. The minimum absolute atomic E-state index is 0.110. The predicted molar refractivity (Wildman–Crippen MR) is 78.3 cm³/mol. The van der Waals surface area contributed by atoms with Crippen LogP contribution in [0.2, 0.25) is 5.02 Å². The first-order valence-electron chi connectivity index (χ1n) is 6.84. The molecule has 104 valence electrons. The Kier molecular flexibility index (Phi) is 4.16. The molecule has 0 aliphatic heterocycles. The smallest absolute Gasteiger partial charge is 0.233 e. The van der Waals surface area contributed by atoms with Gasteiger partial charge in [0, 0.05) is 24.2 Å². The van der Waals surface area contributed by atoms with E-state index in [1.807, 2.05) is 43.0 Å². The number of amides is 1. The van der Waals surface area contributed by atoms with Gasteiger partial charge in [-0.3, -0.25) is 4.79 Å². The fraction of sp³-hybridized carbons (Fsp3) is 0.533. The van der Waals surface area contributed by atoms with Gasteiger partial charge in [0.1, 0.15) is 0 Å². The summed E-state index contributed by atoms with van der Waals surface area (Å²) in [6, 6.07) is 7.73. The topological polar surface area (TPSA) is 46.3 Å². The van der Waals surface area contributed by atoms with Crippen molar-refractivity contribution in [1.82, 2.24) is 4.90 Å². The van der Waals surface area contributed by atoms with Crippen molar-refractivity contribution in [2.75, 3.05) is 13.1 Å². The van der Waals surface area contributed by atoms with E-state index in [1.165, 1.54) is 0 Å². The number of halogens is 1. The maximum absolute atomic E-state index is 12.8. The molecule has 2 rings (SSSR count). The number of hydrogen-bond donors (Lipinski definition) is 1. The third kappa shape index (κ3) is 2.49. The maximum Gasteiger partial charge on any atom is 0.233 e. The first kappa shape index (κ1) is 14.4. The van der Waals surface area contributed by atoms with E-state index in [-0.39, 0.29) is 11.9 Å². The highest BCUT2D eigenvalue weighted by Gasteiger charge is 2.51. The van der Waals surface area contributed by atoms with Crippen LogP contribution in [0.3, 0.4) is 0 Å². The van der Waals surface area contributed by atoms with Crippen LogP contribution in [0, 0.1) is 0 Å². The van der Waals surface area contributed by atoms with E-state index >= 15 is 0 Å². The molecule has 2 N–H and O–H groups in total. The summed E-state index contributed by atoms with van der Waals surface area (Å²) in [4.78, 5) is 14.7. The molecule has 0 aromatic heterocycles. The molecule has 1 aliphatic carbocycles. The molecule has 1 aliphatic rings. The third-order valence-electron chi connectivity index (χ3n) is 4.06. The number of nitrogens with two attached hydrogens (primary N) is 1. The van der Waals surface area contributed by atoms with Gasteiger partial charge in [-0.2, -0.15) is 0 Å². The molecular formula is C15H21ClN2O. The van der Waals surface area contributed by atoms with E-state index in [4.69, 9.17) is 17.3 Å². The number of carbonyl (C=O) groups excluding carboxylic acids is 1. The maximum atomic E-state index is 12.8. The van der Waals surface area contributed by atoms with Gasteiger partial charge in [-0.1, -0.05) is 23.7 Å². The van der Waals surface area contributed by atoms with Gasteiger partial charge in [-0.15, -0.1) is 0 Å². The zero-order valence-corrected chi connectivity index (χ0v) is 12.3. The molecule has 0 unspecified atom stereocenters. The molecule has 0 bridgehead atoms. The van der Waals surface area contributed by atoms with E-state index in [0.717, 1.165) is 18.7 Å². The Balaban J connectivity index is 2.36. The Morgan fingerprint density at radius 1 is 1.42 bits per heavy atom. The van der Waals surface area contributed by atoms with Crippen LogP contribution in [0.5, 0.6) is 0 Å². The highest BCUT2D eigenvalue weighted by molar-refractivity contribution is 6.30. The van der Waals surface area contributed by atoms with Crippen molar-refractivity contribution in [2.45, 2.75) is 38.1 Å². The molecule has 1 aromatic rings. The fourth-order valence-corrected chi connectivity index (χ4v) is 3.16. The van der Waals surface area contributed by atoms with Crippen LogP contribution in [-0.2, 0) is 10.2 Å². The van der Waals surface area contributed by atoms with Crippen molar-refractivity contribution in [3.05, 3.63) is 34.9 Å². The monoisotopic (exact) mass is 280 g/mol. The second-order valence-corrected chi connectivity index (χ2v) is 5.67. The summed E-state index contributed by atoms with van der Waals surface area (Å²) in [5.41, 5.74) is 6.48. The minimum atomic E-state index is -0.462. The van der Waals surface area contributed by atoms with Crippen LogP contribution >= 0.6 is 11.6 Å². The lowest BCUT2D eigenvalue weighted by Crippen LogP contribution is -2.58. The average Bonchev–Trinajstić information content (AvgIpc) is 2.36. The Morgan fingerprint density at radius 2 is 2.05 bits per heavy atom. The molecule has 1 fully saturated rings. The summed E-state index contributed by atoms with van der Waals surface area (Å²) < 4.78 is 0. The van der Waals surface area contributed by atoms with Gasteiger partial charge in [0.05, 0.1) is 5.41 Å². The molecule has 0 atom stereocenters. The number of carbonyl (C=O) groups is 1. The molecule has 0 radical (unpaired) electrons. The summed E-state index contributed by atoms with van der Waals surface area (Å²) in [5, 5.41) is 0.671. The molecule has 19 heavy (non-hydrogen) atoms. The van der Waals surface area contributed by atoms with Gasteiger partial charge in [0.15, 0.2) is 0 Å². The second-order valence-electron chi connectivity index (χ2n) is 5.24. The first-order chi connectivity index (χ1) is 9.03. The Hall–Kier alpha value is -1.06. The molecule has 1 saturated carbocycles. The van der Waals surface area contributed by atoms with Gasteiger partial charge in [-0.05, 0) is 44.4 Å². The molecule has 1 aromatic carbocycles. The van der Waals surface area contributed by atoms with Gasteiger partial charge >= 0.3 is 0 Å². The normalized spacial score (nSPS) is 25.8. The molecular weight excluding hydrogens is 260 g/mol. The second kappa shape index (κ2) is 5.51. The quantitative estimate of drug-likeness (QED) is 0.921. The van der Waals surface area contributed by atoms with Gasteiger partial charge in [0.2, 0.25) is 5.91 Å². The van der Waals surface area contributed by atoms with E-state index in [9.17, 15) is 4.79 Å². The number of nitrogens with zero attached hydrogens (tertiary/aromatic N) is 1. The molecule has 3 nitrogen and oxygen atoms in total. The van der Waals surface area contributed by atoms with Crippen LogP contribution in [0.25, 0.3) is 0 Å². The van der Waals surface area contributed by atoms with Gasteiger partial charge in [0.25, 0.3) is 0 Å². The van der Waals surface area contributed by atoms with Crippen LogP contribution in [0.15, 0.2) is 24.3 Å². The lowest BCUT2D eigenvalue weighted by molar-refractivity contribution is -0.141. The SMILES string of the molecule is CCN(CC)C(=O)[C@]1(c2cccc(Cl)c2)C[C@@H](N)C1. The van der Waals surface area contributed by atoms with Crippen LogP contribution in [0.4, 0.5) is 0 Å². The fourth-order valence-electron chi connectivity index (χ4n) is 2.97. The summed E-state index contributed by atoms with van der Waals surface area (Å²) in [5.74, 6) is 0.182. The number of likely N-dealkylation sites (N-methyl/N-ethyl adjacent to an activating group) is 1. The predicted octanol–water partition coefficient (Wildman–Crippen LogP) is 2.57. The van der Waals surface area contributed by atoms with Crippen molar-refractivity contribution in [1.29, 1.82) is 0 Å². The van der Waals surface area contributed by atoms with Crippen LogP contribution in [-0.4, -0.2) is 29.9 Å². The highest BCUT2D eigenvalue weighted by atomic mass is 35.5. The summed E-state index contributed by atoms with van der Waals surface area (Å²) in [6.07, 6.45) is 1.42. The summed E-state index contributed by atoms with van der Waals surface area (Å²) >= 11 is 6.06. The molecule has 0 spiro atoms. The highest BCUT2D eigenvalue weighted by Crippen LogP contribution is 2.45. The van der Waals surface area contributed by atoms with Crippen LogP contribution < -0.4 is 5.73 Å². The average molecular weight is 281 g/mol. The van der Waals surface area contributed by atoms with Gasteiger partial charge in [-0.25, -0.2) is 0 Å². The van der Waals surface area contributed by atoms with Crippen molar-refractivity contribution in [2.24, 2.45) is 5.73 Å². The van der Waals surface area contributed by atoms with Crippen molar-refractivity contribution in [3.8, 4) is 0 Å².